The van der Waals surface area contributed by atoms with E-state index in [9.17, 15) is 4.39 Å². The second-order valence-corrected chi connectivity index (χ2v) is 6.05. The highest BCUT2D eigenvalue weighted by atomic mass is 32.1. The number of benzene rings is 1. The number of thiazole rings is 1. The fourth-order valence-electron chi connectivity index (χ4n) is 2.44. The molecular formula is C13H15FN2S. The van der Waals surface area contributed by atoms with Crippen LogP contribution in [0.1, 0.15) is 49.7 Å². The SMILES string of the molecule is CC(C)c1c(C2CC2)cc(F)c2sc(N)nc12. The van der Waals surface area contributed by atoms with Crippen molar-refractivity contribution >= 4 is 26.7 Å². The van der Waals surface area contributed by atoms with Crippen molar-refractivity contribution in [2.75, 3.05) is 5.73 Å². The van der Waals surface area contributed by atoms with Crippen molar-refractivity contribution in [3.05, 3.63) is 23.0 Å². The van der Waals surface area contributed by atoms with Gasteiger partial charge in [-0.1, -0.05) is 25.2 Å². The summed E-state index contributed by atoms with van der Waals surface area (Å²) in [5.41, 5.74) is 8.83. The molecule has 2 N–H and O–H groups in total. The van der Waals surface area contributed by atoms with Gasteiger partial charge in [0.25, 0.3) is 0 Å². The summed E-state index contributed by atoms with van der Waals surface area (Å²) in [6, 6.07) is 1.70. The van der Waals surface area contributed by atoms with Crippen LogP contribution in [0.5, 0.6) is 0 Å². The highest BCUT2D eigenvalue weighted by molar-refractivity contribution is 7.22. The number of nitrogen functional groups attached to an aromatic ring is 1. The third-order valence-electron chi connectivity index (χ3n) is 3.30. The van der Waals surface area contributed by atoms with Crippen molar-refractivity contribution in [1.29, 1.82) is 0 Å². The Balaban J connectivity index is 2.36. The summed E-state index contributed by atoms with van der Waals surface area (Å²) >= 11 is 1.24. The minimum atomic E-state index is -0.166. The van der Waals surface area contributed by atoms with Crippen LogP contribution >= 0.6 is 11.3 Å². The van der Waals surface area contributed by atoms with E-state index in [1.165, 1.54) is 29.7 Å². The first kappa shape index (κ1) is 11.0. The maximum absolute atomic E-state index is 14.0. The quantitative estimate of drug-likeness (QED) is 0.874. The Morgan fingerprint density at radius 1 is 1.47 bits per heavy atom. The summed E-state index contributed by atoms with van der Waals surface area (Å²) in [5, 5.41) is 0.453. The topological polar surface area (TPSA) is 38.9 Å². The first-order valence-electron chi connectivity index (χ1n) is 5.96. The maximum Gasteiger partial charge on any atom is 0.181 e. The molecule has 3 rings (SSSR count). The average molecular weight is 250 g/mol. The Labute approximate surface area is 104 Å². The molecule has 0 spiro atoms. The molecule has 1 fully saturated rings. The molecule has 1 aromatic heterocycles. The first-order chi connectivity index (χ1) is 8.08. The lowest BCUT2D eigenvalue weighted by molar-refractivity contribution is 0.637. The van der Waals surface area contributed by atoms with E-state index in [0.717, 1.165) is 11.1 Å². The molecule has 17 heavy (non-hydrogen) atoms. The molecule has 2 nitrogen and oxygen atoms in total. The van der Waals surface area contributed by atoms with Crippen molar-refractivity contribution in [3.8, 4) is 0 Å². The fourth-order valence-corrected chi connectivity index (χ4v) is 3.19. The summed E-state index contributed by atoms with van der Waals surface area (Å²) < 4.78 is 14.6. The smallest absolute Gasteiger partial charge is 0.181 e. The number of fused-ring (bicyclic) bond motifs is 1. The number of hydrogen-bond donors (Lipinski definition) is 1. The van der Waals surface area contributed by atoms with Crippen molar-refractivity contribution in [1.82, 2.24) is 4.98 Å². The van der Waals surface area contributed by atoms with Gasteiger partial charge >= 0.3 is 0 Å². The number of hydrogen-bond acceptors (Lipinski definition) is 3. The average Bonchev–Trinajstić information content (AvgIpc) is 3.00. The molecule has 0 aliphatic heterocycles. The monoisotopic (exact) mass is 250 g/mol. The summed E-state index contributed by atoms with van der Waals surface area (Å²) in [4.78, 5) is 4.32. The Morgan fingerprint density at radius 3 is 2.76 bits per heavy atom. The van der Waals surface area contributed by atoms with Crippen LogP contribution in [0.2, 0.25) is 0 Å². The van der Waals surface area contributed by atoms with E-state index in [1.807, 2.05) is 0 Å². The largest absolute Gasteiger partial charge is 0.375 e. The van der Waals surface area contributed by atoms with Gasteiger partial charge in [-0.05, 0) is 41.9 Å². The Hall–Kier alpha value is -1.16. The molecule has 2 aromatic rings. The second-order valence-electron chi connectivity index (χ2n) is 5.02. The van der Waals surface area contributed by atoms with E-state index in [-0.39, 0.29) is 5.82 Å². The highest BCUT2D eigenvalue weighted by Crippen LogP contribution is 2.46. The zero-order chi connectivity index (χ0) is 12.2. The van der Waals surface area contributed by atoms with Gasteiger partial charge in [-0.15, -0.1) is 0 Å². The summed E-state index contributed by atoms with van der Waals surface area (Å²) in [7, 11) is 0. The summed E-state index contributed by atoms with van der Waals surface area (Å²) in [6.45, 7) is 4.27. The Bertz CT molecular complexity index is 585. The molecule has 90 valence electrons. The Kier molecular flexibility index (Phi) is 2.36. The van der Waals surface area contributed by atoms with Crippen LogP contribution in [-0.2, 0) is 0 Å². The zero-order valence-electron chi connectivity index (χ0n) is 9.96. The molecule has 1 heterocycles. The van der Waals surface area contributed by atoms with Gasteiger partial charge in [0.15, 0.2) is 5.13 Å². The molecule has 0 bridgehead atoms. The van der Waals surface area contributed by atoms with Crippen LogP contribution in [-0.4, -0.2) is 4.98 Å². The molecular weight excluding hydrogens is 235 g/mol. The number of halogens is 1. The van der Waals surface area contributed by atoms with Gasteiger partial charge in [0.05, 0.1) is 10.2 Å². The molecule has 1 aromatic carbocycles. The van der Waals surface area contributed by atoms with Gasteiger partial charge in [0, 0.05) is 0 Å². The first-order valence-corrected chi connectivity index (χ1v) is 6.78. The molecule has 0 saturated heterocycles. The molecule has 0 unspecified atom stereocenters. The minimum Gasteiger partial charge on any atom is -0.375 e. The maximum atomic E-state index is 14.0. The van der Waals surface area contributed by atoms with E-state index in [1.54, 1.807) is 6.07 Å². The molecule has 1 aliphatic carbocycles. The van der Waals surface area contributed by atoms with Gasteiger partial charge in [-0.2, -0.15) is 0 Å². The number of nitrogens with two attached hydrogens (primary N) is 1. The van der Waals surface area contributed by atoms with Crippen molar-refractivity contribution in [2.45, 2.75) is 38.5 Å². The fraction of sp³-hybridized carbons (Fsp3) is 0.462. The number of anilines is 1. The van der Waals surface area contributed by atoms with E-state index in [0.29, 0.717) is 21.7 Å². The molecule has 0 radical (unpaired) electrons. The molecule has 4 heteroatoms. The van der Waals surface area contributed by atoms with E-state index in [2.05, 4.69) is 18.8 Å². The van der Waals surface area contributed by atoms with Crippen molar-refractivity contribution < 1.29 is 4.39 Å². The van der Waals surface area contributed by atoms with Crippen LogP contribution in [0.3, 0.4) is 0 Å². The predicted octanol–water partition coefficient (Wildman–Crippen LogP) is 4.02. The van der Waals surface area contributed by atoms with Gasteiger partial charge in [-0.3, -0.25) is 0 Å². The zero-order valence-corrected chi connectivity index (χ0v) is 10.8. The molecule has 1 aliphatic rings. The normalized spacial score (nSPS) is 16.0. The van der Waals surface area contributed by atoms with Crippen LogP contribution in [0, 0.1) is 5.82 Å². The second kappa shape index (κ2) is 3.67. The number of rotatable bonds is 2. The van der Waals surface area contributed by atoms with Crippen LogP contribution < -0.4 is 5.73 Å². The lowest BCUT2D eigenvalue weighted by Crippen LogP contribution is -1.98. The van der Waals surface area contributed by atoms with E-state index in [4.69, 9.17) is 5.73 Å². The third kappa shape index (κ3) is 1.71. The van der Waals surface area contributed by atoms with Crippen LogP contribution in [0.4, 0.5) is 9.52 Å². The van der Waals surface area contributed by atoms with Crippen LogP contribution in [0.25, 0.3) is 10.2 Å². The van der Waals surface area contributed by atoms with Gasteiger partial charge < -0.3 is 5.73 Å². The third-order valence-corrected chi connectivity index (χ3v) is 4.20. The highest BCUT2D eigenvalue weighted by Gasteiger charge is 2.30. The summed E-state index contributed by atoms with van der Waals surface area (Å²) in [6.07, 6.45) is 2.34. The number of aromatic nitrogens is 1. The van der Waals surface area contributed by atoms with Gasteiger partial charge in [0.1, 0.15) is 5.82 Å². The predicted molar refractivity (Wildman–Crippen MR) is 70.1 cm³/mol. The standard InChI is InChI=1S/C13H15FN2S/c1-6(2)10-8(7-3-4-7)5-9(14)12-11(10)16-13(15)17-12/h5-7H,3-4H2,1-2H3,(H2,15,16). The minimum absolute atomic E-state index is 0.166. The molecule has 0 amide bonds. The van der Waals surface area contributed by atoms with E-state index >= 15 is 0 Å². The van der Waals surface area contributed by atoms with Crippen molar-refractivity contribution in [2.24, 2.45) is 0 Å². The summed E-state index contributed by atoms with van der Waals surface area (Å²) in [5.74, 6) is 0.727. The van der Waals surface area contributed by atoms with Gasteiger partial charge in [-0.25, -0.2) is 9.37 Å². The lowest BCUT2D eigenvalue weighted by Gasteiger charge is -2.13. The van der Waals surface area contributed by atoms with Crippen molar-refractivity contribution in [3.63, 3.8) is 0 Å². The molecule has 1 saturated carbocycles. The molecule has 0 atom stereocenters. The Morgan fingerprint density at radius 2 is 2.18 bits per heavy atom. The lowest BCUT2D eigenvalue weighted by atomic mass is 9.93. The van der Waals surface area contributed by atoms with Crippen LogP contribution in [0.15, 0.2) is 6.07 Å². The van der Waals surface area contributed by atoms with E-state index < -0.39 is 0 Å². The van der Waals surface area contributed by atoms with Gasteiger partial charge in [0.2, 0.25) is 0 Å². The number of nitrogens with zero attached hydrogens (tertiary/aromatic N) is 1.